The van der Waals surface area contributed by atoms with Crippen LogP contribution in [0.3, 0.4) is 0 Å². The SMILES string of the molecule is Cc1cc(S(C)(=O)=O)cc(C(=O)N(C)Cc2ccc(C(=O)O)cc2)c1C. The quantitative estimate of drug-likeness (QED) is 0.867. The molecule has 0 saturated heterocycles. The highest BCUT2D eigenvalue weighted by Crippen LogP contribution is 2.22. The molecule has 1 amide bonds. The second-order valence-corrected chi connectivity index (χ2v) is 8.36. The number of aromatic carboxylic acids is 1. The minimum atomic E-state index is -3.42. The Morgan fingerprint density at radius 1 is 1.08 bits per heavy atom. The van der Waals surface area contributed by atoms with E-state index in [9.17, 15) is 18.0 Å². The van der Waals surface area contributed by atoms with E-state index < -0.39 is 15.8 Å². The molecule has 138 valence electrons. The number of nitrogens with zero attached hydrogens (tertiary/aromatic N) is 1. The Morgan fingerprint density at radius 2 is 1.65 bits per heavy atom. The lowest BCUT2D eigenvalue weighted by molar-refractivity contribution is 0.0695. The van der Waals surface area contributed by atoms with Crippen LogP contribution in [0.1, 0.15) is 37.4 Å². The number of amides is 1. The summed E-state index contributed by atoms with van der Waals surface area (Å²) in [5.41, 5.74) is 2.76. The van der Waals surface area contributed by atoms with Gasteiger partial charge in [0.05, 0.1) is 10.5 Å². The van der Waals surface area contributed by atoms with Gasteiger partial charge >= 0.3 is 5.97 Å². The van der Waals surface area contributed by atoms with Crippen LogP contribution in [0.25, 0.3) is 0 Å². The Labute approximate surface area is 153 Å². The van der Waals surface area contributed by atoms with E-state index in [2.05, 4.69) is 0 Å². The van der Waals surface area contributed by atoms with Gasteiger partial charge in [-0.3, -0.25) is 4.79 Å². The Bertz CT molecular complexity index is 962. The molecule has 2 rings (SSSR count). The first-order valence-electron chi connectivity index (χ1n) is 7.89. The number of hydrogen-bond donors (Lipinski definition) is 1. The highest BCUT2D eigenvalue weighted by molar-refractivity contribution is 7.90. The van der Waals surface area contributed by atoms with Gasteiger partial charge in [-0.1, -0.05) is 12.1 Å². The normalized spacial score (nSPS) is 11.2. The van der Waals surface area contributed by atoms with Crippen molar-refractivity contribution in [3.8, 4) is 0 Å². The van der Waals surface area contributed by atoms with Crippen LogP contribution in [0.15, 0.2) is 41.3 Å². The van der Waals surface area contributed by atoms with Crippen LogP contribution < -0.4 is 0 Å². The molecular formula is C19H21NO5S. The van der Waals surface area contributed by atoms with Crippen LogP contribution in [-0.2, 0) is 16.4 Å². The first-order chi connectivity index (χ1) is 12.0. The number of benzene rings is 2. The van der Waals surface area contributed by atoms with Gasteiger partial charge in [-0.25, -0.2) is 13.2 Å². The number of carboxylic acid groups (broad SMARTS) is 1. The number of aryl methyl sites for hydroxylation is 1. The van der Waals surface area contributed by atoms with Crippen molar-refractivity contribution in [3.63, 3.8) is 0 Å². The fourth-order valence-electron chi connectivity index (χ4n) is 2.57. The van der Waals surface area contributed by atoms with E-state index in [-0.39, 0.29) is 22.9 Å². The Balaban J connectivity index is 2.30. The highest BCUT2D eigenvalue weighted by atomic mass is 32.2. The van der Waals surface area contributed by atoms with Crippen molar-refractivity contribution in [2.45, 2.75) is 25.3 Å². The van der Waals surface area contributed by atoms with Gasteiger partial charge < -0.3 is 10.0 Å². The maximum atomic E-state index is 12.8. The third-order valence-corrected chi connectivity index (χ3v) is 5.36. The first-order valence-corrected chi connectivity index (χ1v) is 9.79. The van der Waals surface area contributed by atoms with Crippen molar-refractivity contribution < 1.29 is 23.1 Å². The Morgan fingerprint density at radius 3 is 2.15 bits per heavy atom. The zero-order valence-electron chi connectivity index (χ0n) is 15.1. The summed E-state index contributed by atoms with van der Waals surface area (Å²) in [6.45, 7) is 3.83. The number of rotatable bonds is 5. The van der Waals surface area contributed by atoms with Crippen molar-refractivity contribution in [1.82, 2.24) is 4.90 Å². The first kappa shape index (κ1) is 19.7. The summed E-state index contributed by atoms with van der Waals surface area (Å²) < 4.78 is 23.7. The van der Waals surface area contributed by atoms with Crippen LogP contribution in [0.5, 0.6) is 0 Å². The lowest BCUT2D eigenvalue weighted by atomic mass is 10.0. The maximum absolute atomic E-state index is 12.8. The van der Waals surface area contributed by atoms with Crippen LogP contribution in [0, 0.1) is 13.8 Å². The molecule has 0 bridgehead atoms. The van der Waals surface area contributed by atoms with E-state index in [0.29, 0.717) is 5.56 Å². The van der Waals surface area contributed by atoms with E-state index in [1.807, 2.05) is 0 Å². The van der Waals surface area contributed by atoms with E-state index in [4.69, 9.17) is 5.11 Å². The molecule has 0 unspecified atom stereocenters. The largest absolute Gasteiger partial charge is 0.478 e. The lowest BCUT2D eigenvalue weighted by Gasteiger charge is -2.20. The number of sulfone groups is 1. The molecule has 0 heterocycles. The maximum Gasteiger partial charge on any atom is 0.335 e. The van der Waals surface area contributed by atoms with Gasteiger partial charge in [-0.2, -0.15) is 0 Å². The monoisotopic (exact) mass is 375 g/mol. The number of carboxylic acids is 1. The molecule has 1 N–H and O–H groups in total. The van der Waals surface area contributed by atoms with E-state index in [1.54, 1.807) is 39.1 Å². The average Bonchev–Trinajstić information content (AvgIpc) is 2.56. The minimum absolute atomic E-state index is 0.114. The molecule has 7 heteroatoms. The molecule has 26 heavy (non-hydrogen) atoms. The summed E-state index contributed by atoms with van der Waals surface area (Å²) in [5.74, 6) is -1.30. The third-order valence-electron chi connectivity index (χ3n) is 4.27. The minimum Gasteiger partial charge on any atom is -0.478 e. The summed E-state index contributed by atoms with van der Waals surface area (Å²) >= 11 is 0. The van der Waals surface area contributed by atoms with Gasteiger partial charge in [0.1, 0.15) is 0 Å². The van der Waals surface area contributed by atoms with Crippen molar-refractivity contribution in [1.29, 1.82) is 0 Å². The highest BCUT2D eigenvalue weighted by Gasteiger charge is 2.19. The number of hydrogen-bond acceptors (Lipinski definition) is 4. The molecule has 0 aliphatic carbocycles. The van der Waals surface area contributed by atoms with Crippen molar-refractivity contribution in [2.75, 3.05) is 13.3 Å². The lowest BCUT2D eigenvalue weighted by Crippen LogP contribution is -2.27. The standard InChI is InChI=1S/C19H21NO5S/c1-12-9-16(26(4,24)25)10-17(13(12)2)18(21)20(3)11-14-5-7-15(8-6-14)19(22)23/h5-10H,11H2,1-4H3,(H,22,23). The summed E-state index contributed by atoms with van der Waals surface area (Å²) in [5, 5.41) is 8.93. The van der Waals surface area contributed by atoms with Crippen LogP contribution in [0.2, 0.25) is 0 Å². The van der Waals surface area contributed by atoms with Gasteiger partial charge in [0.15, 0.2) is 9.84 Å². The summed E-state index contributed by atoms with van der Waals surface area (Å²) in [6, 6.07) is 9.23. The Hall–Kier alpha value is -2.67. The third kappa shape index (κ3) is 4.29. The summed E-state index contributed by atoms with van der Waals surface area (Å²) in [6.07, 6.45) is 1.11. The van der Waals surface area contributed by atoms with Crippen molar-refractivity contribution in [2.24, 2.45) is 0 Å². The van der Waals surface area contributed by atoms with Gasteiger partial charge in [-0.05, 0) is 54.8 Å². The van der Waals surface area contributed by atoms with E-state index >= 15 is 0 Å². The Kier molecular flexibility index (Phi) is 5.51. The molecule has 0 aromatic heterocycles. The van der Waals surface area contributed by atoms with Crippen LogP contribution in [0.4, 0.5) is 0 Å². The molecule has 2 aromatic rings. The molecule has 0 spiro atoms. The molecule has 0 aliphatic rings. The van der Waals surface area contributed by atoms with Gasteiger partial charge in [0.2, 0.25) is 0 Å². The summed E-state index contributed by atoms with van der Waals surface area (Å²) in [7, 11) is -1.80. The smallest absolute Gasteiger partial charge is 0.335 e. The van der Waals surface area contributed by atoms with Gasteiger partial charge in [0.25, 0.3) is 5.91 Å². The molecule has 0 atom stereocenters. The average molecular weight is 375 g/mol. The second-order valence-electron chi connectivity index (χ2n) is 6.35. The predicted octanol–water partition coefficient (Wildman–Crippen LogP) is 2.68. The van der Waals surface area contributed by atoms with Crippen molar-refractivity contribution >= 4 is 21.7 Å². The summed E-state index contributed by atoms with van der Waals surface area (Å²) in [4.78, 5) is 25.3. The number of carbonyl (C=O) groups excluding carboxylic acids is 1. The number of carbonyl (C=O) groups is 2. The van der Waals surface area contributed by atoms with Crippen LogP contribution >= 0.6 is 0 Å². The fourth-order valence-corrected chi connectivity index (χ4v) is 3.29. The molecule has 2 aromatic carbocycles. The van der Waals surface area contributed by atoms with Crippen molar-refractivity contribution in [3.05, 3.63) is 64.2 Å². The van der Waals surface area contributed by atoms with E-state index in [0.717, 1.165) is 22.9 Å². The predicted molar refractivity (Wildman–Crippen MR) is 98.2 cm³/mol. The molecule has 0 saturated carbocycles. The molecular weight excluding hydrogens is 354 g/mol. The molecule has 6 nitrogen and oxygen atoms in total. The molecule has 0 aliphatic heterocycles. The van der Waals surface area contributed by atoms with Gasteiger partial charge in [0, 0.05) is 25.4 Å². The zero-order chi connectivity index (χ0) is 19.6. The fraction of sp³-hybridized carbons (Fsp3) is 0.263. The second kappa shape index (κ2) is 7.29. The van der Waals surface area contributed by atoms with Gasteiger partial charge in [-0.15, -0.1) is 0 Å². The topological polar surface area (TPSA) is 91.8 Å². The molecule has 0 radical (unpaired) electrons. The van der Waals surface area contributed by atoms with E-state index in [1.165, 1.54) is 23.1 Å². The molecule has 0 fully saturated rings. The van der Waals surface area contributed by atoms with Crippen LogP contribution in [-0.4, -0.2) is 43.6 Å². The zero-order valence-corrected chi connectivity index (χ0v) is 15.9.